The number of urea groups is 1. The van der Waals surface area contributed by atoms with Crippen LogP contribution in [0.4, 0.5) is 26.2 Å². The van der Waals surface area contributed by atoms with Gasteiger partial charge in [-0.1, -0.05) is 25.5 Å². The van der Waals surface area contributed by atoms with Gasteiger partial charge >= 0.3 is 6.03 Å². The number of carbonyl (C=O) groups excluding carboxylic acids is 1. The van der Waals surface area contributed by atoms with E-state index in [1.54, 1.807) is 42.6 Å². The molecule has 0 atom stereocenters. The highest BCUT2D eigenvalue weighted by molar-refractivity contribution is 5.99. The molecule has 2 amide bonds. The van der Waals surface area contributed by atoms with Crippen LogP contribution < -0.4 is 27.2 Å². The zero-order chi connectivity index (χ0) is 18.9. The Balaban J connectivity index is 1.94. The van der Waals surface area contributed by atoms with Crippen molar-refractivity contribution >= 4 is 23.1 Å². The van der Waals surface area contributed by atoms with Gasteiger partial charge < -0.3 is 16.4 Å². The quantitative estimate of drug-likeness (QED) is 0.442. The van der Waals surface area contributed by atoms with Crippen LogP contribution >= 0.6 is 0 Å². The van der Waals surface area contributed by atoms with Gasteiger partial charge in [-0.25, -0.2) is 15.0 Å². The standard InChI is InChI=1S/C19H24FN5O/c1-2-3-6-14(21)13-25(22)16-11-9-15(10-12-16)23-19(26)24-18-8-5-4-7-17(18)20/h4-5,7-13H,2-3,6,21-22H2,1H3,(H2,23,24,26)/b14-13-. The first-order chi connectivity index (χ1) is 12.5. The molecule has 0 heterocycles. The number of hydrazine groups is 1. The summed E-state index contributed by atoms with van der Waals surface area (Å²) in [6.45, 7) is 2.10. The molecular weight excluding hydrogens is 333 g/mol. The van der Waals surface area contributed by atoms with Gasteiger partial charge in [0, 0.05) is 17.6 Å². The summed E-state index contributed by atoms with van der Waals surface area (Å²) in [7, 11) is 0. The molecule has 0 fully saturated rings. The van der Waals surface area contributed by atoms with Gasteiger partial charge in [0.1, 0.15) is 5.82 Å². The lowest BCUT2D eigenvalue weighted by Crippen LogP contribution is -2.26. The number of hydrogen-bond donors (Lipinski definition) is 4. The number of nitrogens with zero attached hydrogens (tertiary/aromatic N) is 1. The SMILES string of the molecule is CCCC/C(N)=C/N(N)c1ccc(NC(=O)Nc2ccccc2F)cc1. The summed E-state index contributed by atoms with van der Waals surface area (Å²) in [5.41, 5.74) is 8.03. The van der Waals surface area contributed by atoms with Crippen LogP contribution in [0.15, 0.2) is 60.4 Å². The van der Waals surface area contributed by atoms with Gasteiger partial charge in [0.15, 0.2) is 0 Å². The largest absolute Gasteiger partial charge is 0.401 e. The molecule has 7 heteroatoms. The molecule has 2 aromatic carbocycles. The Kier molecular flexibility index (Phi) is 6.99. The third-order valence-electron chi connectivity index (χ3n) is 3.67. The number of unbranched alkanes of at least 4 members (excludes halogenated alkanes) is 1. The van der Waals surface area contributed by atoms with E-state index in [0.29, 0.717) is 11.4 Å². The third kappa shape index (κ3) is 5.78. The second kappa shape index (κ2) is 9.43. The van der Waals surface area contributed by atoms with E-state index >= 15 is 0 Å². The molecule has 0 saturated carbocycles. The average molecular weight is 357 g/mol. The fraction of sp³-hybridized carbons (Fsp3) is 0.211. The van der Waals surface area contributed by atoms with E-state index in [-0.39, 0.29) is 5.69 Å². The Bertz CT molecular complexity index is 761. The first-order valence-corrected chi connectivity index (χ1v) is 8.42. The Morgan fingerprint density at radius 2 is 1.85 bits per heavy atom. The van der Waals surface area contributed by atoms with Crippen molar-refractivity contribution in [2.24, 2.45) is 11.6 Å². The summed E-state index contributed by atoms with van der Waals surface area (Å²) >= 11 is 0. The number of rotatable bonds is 7. The molecule has 0 unspecified atom stereocenters. The summed E-state index contributed by atoms with van der Waals surface area (Å²) in [5.74, 6) is 5.48. The summed E-state index contributed by atoms with van der Waals surface area (Å²) < 4.78 is 13.5. The molecule has 0 aliphatic heterocycles. The van der Waals surface area contributed by atoms with Crippen LogP contribution in [0.3, 0.4) is 0 Å². The van der Waals surface area contributed by atoms with Gasteiger partial charge in [0.05, 0.1) is 11.4 Å². The summed E-state index contributed by atoms with van der Waals surface area (Å²) in [5, 5.41) is 6.53. The van der Waals surface area contributed by atoms with E-state index in [1.165, 1.54) is 17.1 Å². The molecule has 6 nitrogen and oxygen atoms in total. The van der Waals surface area contributed by atoms with Crippen molar-refractivity contribution in [2.45, 2.75) is 26.2 Å². The first-order valence-electron chi connectivity index (χ1n) is 8.42. The van der Waals surface area contributed by atoms with E-state index in [2.05, 4.69) is 17.6 Å². The maximum Gasteiger partial charge on any atom is 0.323 e. The molecule has 138 valence electrons. The smallest absolute Gasteiger partial charge is 0.323 e. The molecule has 0 aromatic heterocycles. The number of nitrogens with two attached hydrogens (primary N) is 2. The number of anilines is 3. The first kappa shape index (κ1) is 19.3. The van der Waals surface area contributed by atoms with Crippen molar-refractivity contribution < 1.29 is 9.18 Å². The van der Waals surface area contributed by atoms with Gasteiger partial charge in [-0.2, -0.15) is 0 Å². The van der Waals surface area contributed by atoms with Gasteiger partial charge in [-0.15, -0.1) is 0 Å². The van der Waals surface area contributed by atoms with Crippen LogP contribution in [-0.2, 0) is 0 Å². The minimum atomic E-state index is -0.531. The summed E-state index contributed by atoms with van der Waals surface area (Å²) in [6, 6.07) is 12.3. The van der Waals surface area contributed by atoms with Crippen molar-refractivity contribution in [3.63, 3.8) is 0 Å². The topological polar surface area (TPSA) is 96.4 Å². The van der Waals surface area contributed by atoms with Crippen LogP contribution in [0, 0.1) is 5.82 Å². The molecule has 6 N–H and O–H groups in total. The van der Waals surface area contributed by atoms with E-state index in [1.807, 2.05) is 0 Å². The van der Waals surface area contributed by atoms with Crippen LogP contribution in [0.25, 0.3) is 0 Å². The van der Waals surface area contributed by atoms with Gasteiger partial charge in [0.25, 0.3) is 0 Å². The number of halogens is 1. The molecular formula is C19H24FN5O. The van der Waals surface area contributed by atoms with Crippen LogP contribution in [0.5, 0.6) is 0 Å². The molecule has 0 aliphatic carbocycles. The number of para-hydroxylation sites is 1. The van der Waals surface area contributed by atoms with E-state index in [4.69, 9.17) is 11.6 Å². The predicted molar refractivity (Wildman–Crippen MR) is 104 cm³/mol. The Labute approximate surface area is 152 Å². The molecule has 2 aromatic rings. The van der Waals surface area contributed by atoms with Gasteiger partial charge in [0.2, 0.25) is 0 Å². The minimum Gasteiger partial charge on any atom is -0.401 e. The second-order valence-electron chi connectivity index (χ2n) is 5.82. The molecule has 0 bridgehead atoms. The minimum absolute atomic E-state index is 0.113. The van der Waals surface area contributed by atoms with E-state index < -0.39 is 11.8 Å². The molecule has 2 rings (SSSR count). The number of benzene rings is 2. The Morgan fingerprint density at radius 3 is 2.50 bits per heavy atom. The Hall–Kier alpha value is -3.06. The highest BCUT2D eigenvalue weighted by Gasteiger charge is 2.07. The van der Waals surface area contributed by atoms with E-state index in [0.717, 1.165) is 24.9 Å². The molecule has 0 aliphatic rings. The monoisotopic (exact) mass is 357 g/mol. The average Bonchev–Trinajstić information content (AvgIpc) is 2.62. The highest BCUT2D eigenvalue weighted by atomic mass is 19.1. The number of amides is 2. The molecule has 26 heavy (non-hydrogen) atoms. The van der Waals surface area contributed by atoms with Gasteiger partial charge in [-0.3, -0.25) is 5.01 Å². The van der Waals surface area contributed by atoms with Crippen LogP contribution in [-0.4, -0.2) is 6.03 Å². The normalized spacial score (nSPS) is 11.1. The lowest BCUT2D eigenvalue weighted by molar-refractivity contribution is 0.262. The van der Waals surface area contributed by atoms with E-state index in [9.17, 15) is 9.18 Å². The molecule has 0 spiro atoms. The summed E-state index contributed by atoms with van der Waals surface area (Å²) in [4.78, 5) is 11.9. The van der Waals surface area contributed by atoms with Gasteiger partial charge in [-0.05, 0) is 49.2 Å². The van der Waals surface area contributed by atoms with Crippen molar-refractivity contribution in [1.82, 2.24) is 0 Å². The van der Waals surface area contributed by atoms with Crippen molar-refractivity contribution in [1.29, 1.82) is 0 Å². The molecule has 0 radical (unpaired) electrons. The second-order valence-corrected chi connectivity index (χ2v) is 5.82. The number of nitrogens with one attached hydrogen (secondary N) is 2. The third-order valence-corrected chi connectivity index (χ3v) is 3.67. The van der Waals surface area contributed by atoms with Crippen molar-refractivity contribution in [3.05, 3.63) is 66.2 Å². The Morgan fingerprint density at radius 1 is 1.15 bits per heavy atom. The highest BCUT2D eigenvalue weighted by Crippen LogP contribution is 2.18. The number of carbonyl (C=O) groups is 1. The fourth-order valence-corrected chi connectivity index (χ4v) is 2.26. The number of hydrogen-bond acceptors (Lipinski definition) is 4. The molecule has 0 saturated heterocycles. The fourth-order valence-electron chi connectivity index (χ4n) is 2.26. The zero-order valence-electron chi connectivity index (χ0n) is 14.7. The maximum atomic E-state index is 13.5. The lowest BCUT2D eigenvalue weighted by atomic mass is 10.2. The maximum absolute atomic E-state index is 13.5. The number of allylic oxidation sites excluding steroid dienone is 1. The predicted octanol–water partition coefficient (Wildman–Crippen LogP) is 4.14. The van der Waals surface area contributed by atoms with Crippen LogP contribution in [0.1, 0.15) is 26.2 Å². The summed E-state index contributed by atoms with van der Waals surface area (Å²) in [6.07, 6.45) is 4.55. The van der Waals surface area contributed by atoms with Crippen molar-refractivity contribution in [3.8, 4) is 0 Å². The van der Waals surface area contributed by atoms with Crippen LogP contribution in [0.2, 0.25) is 0 Å². The van der Waals surface area contributed by atoms with Crippen molar-refractivity contribution in [2.75, 3.05) is 15.6 Å². The lowest BCUT2D eigenvalue weighted by Gasteiger charge is -2.16. The zero-order valence-corrected chi connectivity index (χ0v) is 14.7.